The van der Waals surface area contributed by atoms with Gasteiger partial charge in [-0.2, -0.15) is 0 Å². The van der Waals surface area contributed by atoms with Gasteiger partial charge < -0.3 is 0 Å². The lowest BCUT2D eigenvalue weighted by Gasteiger charge is -2.41. The van der Waals surface area contributed by atoms with Gasteiger partial charge in [-0.05, 0) is 45.7 Å². The molecule has 4 aromatic rings. The molecule has 0 aliphatic heterocycles. The van der Waals surface area contributed by atoms with Crippen LogP contribution in [0.5, 0.6) is 0 Å². The number of carbonyl (C=O) groups excluding carboxylic acids is 1. The first-order valence-electron chi connectivity index (χ1n) is 12.5. The number of hydrogen-bond donors (Lipinski definition) is 0. The molecule has 2 bridgehead atoms. The standard InChI is InChI=1S/C34H26O/c35-32-33(26-18-9-3-10-19-26)28-22-13-23-29(28)34(32,27-20-11-4-12-21-27)31(25-16-7-2-8-17-25)30(33)24-14-5-1-6-15-24/h1-22,28-29H,23H2. The molecule has 168 valence electrons. The van der Waals surface area contributed by atoms with Gasteiger partial charge in [0.15, 0.2) is 5.78 Å². The molecule has 0 radical (unpaired) electrons. The average molecular weight is 451 g/mol. The highest BCUT2D eigenvalue weighted by Crippen LogP contribution is 2.74. The molecule has 0 N–H and O–H groups in total. The van der Waals surface area contributed by atoms with E-state index in [2.05, 4.69) is 121 Å². The first-order chi connectivity index (χ1) is 17.3. The lowest BCUT2D eigenvalue weighted by molar-refractivity contribution is -0.123. The Morgan fingerprint density at radius 2 is 0.971 bits per heavy atom. The van der Waals surface area contributed by atoms with Gasteiger partial charge in [0.05, 0.1) is 10.8 Å². The number of ketones is 1. The third kappa shape index (κ3) is 2.46. The van der Waals surface area contributed by atoms with Crippen LogP contribution in [0.1, 0.15) is 28.7 Å². The Balaban J connectivity index is 1.70. The van der Waals surface area contributed by atoms with Gasteiger partial charge in [-0.3, -0.25) is 4.79 Å². The molecule has 0 aromatic heterocycles. The summed E-state index contributed by atoms with van der Waals surface area (Å²) in [6.07, 6.45) is 5.57. The van der Waals surface area contributed by atoms with E-state index in [9.17, 15) is 0 Å². The first-order valence-corrected chi connectivity index (χ1v) is 12.5. The van der Waals surface area contributed by atoms with E-state index in [4.69, 9.17) is 0 Å². The minimum absolute atomic E-state index is 0.125. The predicted octanol–water partition coefficient (Wildman–Crippen LogP) is 7.26. The molecule has 4 atom stereocenters. The Morgan fingerprint density at radius 3 is 1.49 bits per heavy atom. The van der Waals surface area contributed by atoms with E-state index in [1.807, 2.05) is 12.1 Å². The minimum atomic E-state index is -0.721. The van der Waals surface area contributed by atoms with Gasteiger partial charge in [-0.25, -0.2) is 0 Å². The summed E-state index contributed by atoms with van der Waals surface area (Å²) in [6, 6.07) is 42.3. The molecule has 1 saturated carbocycles. The van der Waals surface area contributed by atoms with Crippen molar-refractivity contribution in [2.45, 2.75) is 17.3 Å². The van der Waals surface area contributed by atoms with Crippen LogP contribution in [0, 0.1) is 11.8 Å². The molecule has 3 aliphatic carbocycles. The number of allylic oxidation sites excluding steroid dienone is 4. The van der Waals surface area contributed by atoms with Crippen molar-refractivity contribution in [1.29, 1.82) is 0 Å². The molecule has 35 heavy (non-hydrogen) atoms. The Morgan fingerprint density at radius 1 is 0.543 bits per heavy atom. The molecule has 1 fully saturated rings. The summed E-state index contributed by atoms with van der Waals surface area (Å²) in [5, 5.41) is 0. The summed E-state index contributed by atoms with van der Waals surface area (Å²) < 4.78 is 0. The Labute approximate surface area is 206 Å². The molecule has 0 saturated heterocycles. The monoisotopic (exact) mass is 450 g/mol. The first kappa shape index (κ1) is 20.4. The van der Waals surface area contributed by atoms with E-state index < -0.39 is 10.8 Å². The Kier molecular flexibility index (Phi) is 4.38. The van der Waals surface area contributed by atoms with Crippen LogP contribution >= 0.6 is 0 Å². The molecular formula is C34H26O. The molecule has 7 rings (SSSR count). The summed E-state index contributed by atoms with van der Waals surface area (Å²) in [6.45, 7) is 0. The number of hydrogen-bond acceptors (Lipinski definition) is 1. The number of carbonyl (C=O) groups is 1. The molecule has 1 heteroatoms. The van der Waals surface area contributed by atoms with Crippen molar-refractivity contribution < 1.29 is 4.79 Å². The molecular weight excluding hydrogens is 424 g/mol. The van der Waals surface area contributed by atoms with Crippen LogP contribution in [0.3, 0.4) is 0 Å². The van der Waals surface area contributed by atoms with Crippen LogP contribution < -0.4 is 0 Å². The number of benzene rings is 4. The molecule has 0 heterocycles. The van der Waals surface area contributed by atoms with Crippen molar-refractivity contribution >= 4 is 16.9 Å². The van der Waals surface area contributed by atoms with Gasteiger partial charge in [0.25, 0.3) is 0 Å². The van der Waals surface area contributed by atoms with E-state index in [1.54, 1.807) is 0 Å². The largest absolute Gasteiger partial charge is 0.297 e. The fraction of sp³-hybridized carbons (Fsp3) is 0.147. The van der Waals surface area contributed by atoms with Crippen molar-refractivity contribution in [1.82, 2.24) is 0 Å². The van der Waals surface area contributed by atoms with Crippen molar-refractivity contribution in [3.63, 3.8) is 0 Å². The van der Waals surface area contributed by atoms with Crippen LogP contribution in [-0.2, 0) is 15.6 Å². The summed E-state index contributed by atoms with van der Waals surface area (Å²) in [4.78, 5) is 15.3. The second-order valence-corrected chi connectivity index (χ2v) is 9.96. The normalized spacial score (nSPS) is 28.5. The van der Waals surface area contributed by atoms with Crippen LogP contribution in [0.2, 0.25) is 0 Å². The lowest BCUT2D eigenvalue weighted by Crippen LogP contribution is -2.38. The average Bonchev–Trinajstić information content (AvgIpc) is 3.57. The smallest absolute Gasteiger partial charge is 0.163 e. The van der Waals surface area contributed by atoms with Crippen LogP contribution in [0.15, 0.2) is 133 Å². The molecule has 4 unspecified atom stereocenters. The third-order valence-electron chi connectivity index (χ3n) is 8.56. The third-order valence-corrected chi connectivity index (χ3v) is 8.56. The predicted molar refractivity (Wildman–Crippen MR) is 142 cm³/mol. The zero-order valence-electron chi connectivity index (χ0n) is 19.5. The summed E-state index contributed by atoms with van der Waals surface area (Å²) in [7, 11) is 0. The summed E-state index contributed by atoms with van der Waals surface area (Å²) in [5.74, 6) is 0.653. The van der Waals surface area contributed by atoms with Gasteiger partial charge in [0.2, 0.25) is 0 Å². The van der Waals surface area contributed by atoms with Gasteiger partial charge in [0, 0.05) is 5.92 Å². The lowest BCUT2D eigenvalue weighted by atomic mass is 9.59. The molecule has 0 spiro atoms. The number of fused-ring (bicyclic) bond motifs is 5. The van der Waals surface area contributed by atoms with Gasteiger partial charge in [-0.1, -0.05) is 133 Å². The molecule has 4 aromatic carbocycles. The SMILES string of the molecule is O=C1C2(c3ccccc3)C(c3ccccc3)=C(c3ccccc3)C1(c1ccccc1)C1CC=CC12. The molecule has 1 nitrogen and oxygen atoms in total. The van der Waals surface area contributed by atoms with E-state index in [0.29, 0.717) is 5.78 Å². The van der Waals surface area contributed by atoms with E-state index in [-0.39, 0.29) is 11.8 Å². The van der Waals surface area contributed by atoms with Crippen LogP contribution in [-0.4, -0.2) is 5.78 Å². The van der Waals surface area contributed by atoms with Crippen molar-refractivity contribution in [3.8, 4) is 0 Å². The van der Waals surface area contributed by atoms with Crippen LogP contribution in [0.25, 0.3) is 11.1 Å². The second-order valence-electron chi connectivity index (χ2n) is 9.96. The van der Waals surface area contributed by atoms with E-state index >= 15 is 4.79 Å². The van der Waals surface area contributed by atoms with Gasteiger partial charge in [-0.15, -0.1) is 0 Å². The van der Waals surface area contributed by atoms with Crippen molar-refractivity contribution in [2.24, 2.45) is 11.8 Å². The van der Waals surface area contributed by atoms with E-state index in [1.165, 1.54) is 11.1 Å². The van der Waals surface area contributed by atoms with Gasteiger partial charge in [0.1, 0.15) is 0 Å². The second kappa shape index (κ2) is 7.52. The maximum atomic E-state index is 15.3. The topological polar surface area (TPSA) is 17.1 Å². The number of Topliss-reactive ketones (excluding diaryl/α,β-unsaturated/α-hetero) is 1. The zero-order valence-corrected chi connectivity index (χ0v) is 19.5. The highest BCUT2D eigenvalue weighted by Gasteiger charge is 2.76. The van der Waals surface area contributed by atoms with Crippen LogP contribution in [0.4, 0.5) is 0 Å². The summed E-state index contributed by atoms with van der Waals surface area (Å²) in [5.41, 5.74) is 5.46. The minimum Gasteiger partial charge on any atom is -0.297 e. The fourth-order valence-corrected chi connectivity index (χ4v) is 7.46. The zero-order chi connectivity index (χ0) is 23.5. The highest BCUT2D eigenvalue weighted by atomic mass is 16.1. The maximum Gasteiger partial charge on any atom is 0.163 e. The number of rotatable bonds is 4. The Hall–Kier alpha value is -3.97. The van der Waals surface area contributed by atoms with Crippen molar-refractivity contribution in [2.75, 3.05) is 0 Å². The summed E-state index contributed by atoms with van der Waals surface area (Å²) >= 11 is 0. The van der Waals surface area contributed by atoms with Gasteiger partial charge >= 0.3 is 0 Å². The molecule has 3 aliphatic rings. The van der Waals surface area contributed by atoms with E-state index in [0.717, 1.165) is 28.7 Å². The fourth-order valence-electron chi connectivity index (χ4n) is 7.46. The van der Waals surface area contributed by atoms with Crippen molar-refractivity contribution in [3.05, 3.63) is 156 Å². The quantitative estimate of drug-likeness (QED) is 0.299. The molecule has 0 amide bonds. The maximum absolute atomic E-state index is 15.3. The Bertz CT molecular complexity index is 1470. The highest BCUT2D eigenvalue weighted by molar-refractivity contribution is 6.30.